The molecule has 0 amide bonds. The van der Waals surface area contributed by atoms with Gasteiger partial charge in [0.1, 0.15) is 11.7 Å². The van der Waals surface area contributed by atoms with Gasteiger partial charge in [0.25, 0.3) is 0 Å². The lowest BCUT2D eigenvalue weighted by Crippen LogP contribution is -2.08. The van der Waals surface area contributed by atoms with Crippen LogP contribution in [0.5, 0.6) is 5.75 Å². The van der Waals surface area contributed by atoms with Gasteiger partial charge in [-0.25, -0.2) is 4.98 Å². The summed E-state index contributed by atoms with van der Waals surface area (Å²) in [4.78, 5) is 16.7. The van der Waals surface area contributed by atoms with E-state index in [9.17, 15) is 9.90 Å². The molecular formula is C15H16N2O3S. The van der Waals surface area contributed by atoms with E-state index in [2.05, 4.69) is 10.3 Å². The normalized spacial score (nSPS) is 16.6. The third kappa shape index (κ3) is 2.58. The monoisotopic (exact) mass is 304 g/mol. The second-order valence-corrected chi connectivity index (χ2v) is 6.15. The van der Waals surface area contributed by atoms with E-state index in [0.717, 1.165) is 39.1 Å². The van der Waals surface area contributed by atoms with Crippen molar-refractivity contribution in [2.24, 2.45) is 0 Å². The zero-order chi connectivity index (χ0) is 15.0. The maximum absolute atomic E-state index is 11.2. The number of thiazole rings is 1. The van der Waals surface area contributed by atoms with Gasteiger partial charge in [-0.2, -0.15) is 0 Å². The maximum Gasteiger partial charge on any atom is 0.312 e. The molecule has 1 unspecified atom stereocenters. The zero-order valence-corrected chi connectivity index (χ0v) is 12.7. The zero-order valence-electron chi connectivity index (χ0n) is 11.8. The number of methoxy groups -OCH3 is 1. The topological polar surface area (TPSA) is 71.5 Å². The lowest BCUT2D eigenvalue weighted by Gasteiger charge is -2.08. The number of hydrogen-bond acceptors (Lipinski definition) is 5. The van der Waals surface area contributed by atoms with Crippen LogP contribution in [-0.2, 0) is 11.2 Å². The number of aliphatic carboxylic acids is 1. The molecule has 0 saturated carbocycles. The number of aromatic nitrogens is 1. The van der Waals surface area contributed by atoms with Crippen LogP contribution in [0.25, 0.3) is 0 Å². The Kier molecular flexibility index (Phi) is 3.55. The Balaban J connectivity index is 1.82. The number of fused-ring (bicyclic) bond motifs is 1. The molecule has 1 aliphatic rings. The molecule has 2 N–H and O–H groups in total. The van der Waals surface area contributed by atoms with Crippen molar-refractivity contribution in [1.29, 1.82) is 0 Å². The number of carboxylic acid groups (broad SMARTS) is 1. The highest BCUT2D eigenvalue weighted by Gasteiger charge is 2.32. The van der Waals surface area contributed by atoms with Gasteiger partial charge in [0.2, 0.25) is 0 Å². The first-order chi connectivity index (χ1) is 10.1. The molecule has 0 spiro atoms. The number of hydrogen-bond donors (Lipinski definition) is 2. The smallest absolute Gasteiger partial charge is 0.312 e. The maximum atomic E-state index is 11.2. The van der Waals surface area contributed by atoms with Gasteiger partial charge in [0.05, 0.1) is 12.8 Å². The Labute approximate surface area is 126 Å². The van der Waals surface area contributed by atoms with Crippen LogP contribution in [0, 0.1) is 6.92 Å². The number of nitrogens with zero attached hydrogens (tertiary/aromatic N) is 1. The summed E-state index contributed by atoms with van der Waals surface area (Å²) in [7, 11) is 1.65. The highest BCUT2D eigenvalue weighted by molar-refractivity contribution is 7.15. The summed E-state index contributed by atoms with van der Waals surface area (Å²) in [6.45, 7) is 1.98. The van der Waals surface area contributed by atoms with Crippen molar-refractivity contribution in [1.82, 2.24) is 4.98 Å². The number of aryl methyl sites for hydroxylation is 2. The van der Waals surface area contributed by atoms with Gasteiger partial charge < -0.3 is 15.2 Å². The summed E-state index contributed by atoms with van der Waals surface area (Å²) in [5.74, 6) is -0.400. The molecule has 3 rings (SSSR count). The largest absolute Gasteiger partial charge is 0.496 e. The van der Waals surface area contributed by atoms with Crippen molar-refractivity contribution >= 4 is 28.1 Å². The summed E-state index contributed by atoms with van der Waals surface area (Å²) in [6.07, 6.45) is 1.46. The van der Waals surface area contributed by atoms with Crippen LogP contribution in [0.4, 0.5) is 10.8 Å². The van der Waals surface area contributed by atoms with E-state index in [-0.39, 0.29) is 0 Å². The quantitative estimate of drug-likeness (QED) is 0.906. The number of carboxylic acids is 1. The first kappa shape index (κ1) is 13.9. The van der Waals surface area contributed by atoms with E-state index in [0.29, 0.717) is 6.42 Å². The average molecular weight is 304 g/mol. The minimum absolute atomic E-state index is 0.454. The highest BCUT2D eigenvalue weighted by Crippen LogP contribution is 2.39. The SMILES string of the molecule is COc1ccc(Nc2nc3c(s2)CCC3C(=O)O)cc1C. The molecule has 110 valence electrons. The fourth-order valence-corrected chi connectivity index (χ4v) is 3.66. The Morgan fingerprint density at radius 2 is 2.33 bits per heavy atom. The van der Waals surface area contributed by atoms with E-state index in [1.165, 1.54) is 11.3 Å². The van der Waals surface area contributed by atoms with Crippen molar-refractivity contribution in [3.8, 4) is 5.75 Å². The van der Waals surface area contributed by atoms with E-state index < -0.39 is 11.9 Å². The lowest BCUT2D eigenvalue weighted by atomic mass is 10.1. The first-order valence-corrected chi connectivity index (χ1v) is 7.54. The highest BCUT2D eigenvalue weighted by atomic mass is 32.1. The molecule has 2 aromatic rings. The fraction of sp³-hybridized carbons (Fsp3) is 0.333. The summed E-state index contributed by atoms with van der Waals surface area (Å²) in [5.41, 5.74) is 2.68. The van der Waals surface area contributed by atoms with Gasteiger partial charge in [-0.05, 0) is 43.5 Å². The van der Waals surface area contributed by atoms with Gasteiger partial charge in [0, 0.05) is 10.6 Å². The fourth-order valence-electron chi connectivity index (χ4n) is 2.60. The summed E-state index contributed by atoms with van der Waals surface area (Å²) < 4.78 is 5.23. The van der Waals surface area contributed by atoms with E-state index in [4.69, 9.17) is 4.74 Å². The van der Waals surface area contributed by atoms with Crippen molar-refractivity contribution in [2.75, 3.05) is 12.4 Å². The molecule has 5 nitrogen and oxygen atoms in total. The Morgan fingerprint density at radius 3 is 3.00 bits per heavy atom. The molecule has 0 saturated heterocycles. The second-order valence-electron chi connectivity index (χ2n) is 5.07. The van der Waals surface area contributed by atoms with Crippen LogP contribution in [0.3, 0.4) is 0 Å². The Bertz CT molecular complexity index is 696. The molecule has 1 aliphatic carbocycles. The molecule has 0 fully saturated rings. The average Bonchev–Trinajstić information content (AvgIpc) is 2.98. The third-order valence-corrected chi connectivity index (χ3v) is 4.71. The van der Waals surface area contributed by atoms with Crippen LogP contribution in [-0.4, -0.2) is 23.2 Å². The molecule has 6 heteroatoms. The van der Waals surface area contributed by atoms with Gasteiger partial charge in [-0.15, -0.1) is 11.3 Å². The van der Waals surface area contributed by atoms with Crippen LogP contribution in [0.1, 0.15) is 28.5 Å². The molecule has 1 heterocycles. The van der Waals surface area contributed by atoms with Crippen molar-refractivity contribution < 1.29 is 14.6 Å². The second kappa shape index (κ2) is 5.37. The molecule has 1 aromatic heterocycles. The molecule has 0 aliphatic heterocycles. The first-order valence-electron chi connectivity index (χ1n) is 6.72. The number of anilines is 2. The Hall–Kier alpha value is -2.08. The number of benzene rings is 1. The molecular weight excluding hydrogens is 288 g/mol. The van der Waals surface area contributed by atoms with Gasteiger partial charge in [-0.1, -0.05) is 0 Å². The number of ether oxygens (including phenoxy) is 1. The van der Waals surface area contributed by atoms with E-state index in [1.54, 1.807) is 7.11 Å². The van der Waals surface area contributed by atoms with Crippen molar-refractivity contribution in [2.45, 2.75) is 25.7 Å². The summed E-state index contributed by atoms with van der Waals surface area (Å²) in [6, 6.07) is 5.81. The molecule has 21 heavy (non-hydrogen) atoms. The summed E-state index contributed by atoms with van der Waals surface area (Å²) in [5, 5.41) is 13.2. The molecule has 0 bridgehead atoms. The lowest BCUT2D eigenvalue weighted by molar-refractivity contribution is -0.138. The van der Waals surface area contributed by atoms with Crippen LogP contribution >= 0.6 is 11.3 Å². The third-order valence-electron chi connectivity index (χ3n) is 3.66. The van der Waals surface area contributed by atoms with Gasteiger partial charge in [-0.3, -0.25) is 4.79 Å². The number of rotatable bonds is 4. The standard InChI is InChI=1S/C15H16N2O3S/c1-8-7-9(3-5-11(8)20-2)16-15-17-13-10(14(18)19)4-6-12(13)21-15/h3,5,7,10H,4,6H2,1-2H3,(H,16,17)(H,18,19). The van der Waals surface area contributed by atoms with Crippen molar-refractivity contribution in [3.05, 3.63) is 34.3 Å². The minimum atomic E-state index is -0.786. The minimum Gasteiger partial charge on any atom is -0.496 e. The van der Waals surface area contributed by atoms with Crippen LogP contribution < -0.4 is 10.1 Å². The predicted octanol–water partition coefficient (Wildman–Crippen LogP) is 3.32. The summed E-state index contributed by atoms with van der Waals surface area (Å²) >= 11 is 1.54. The van der Waals surface area contributed by atoms with Crippen LogP contribution in [0.2, 0.25) is 0 Å². The van der Waals surface area contributed by atoms with Gasteiger partial charge in [0.15, 0.2) is 5.13 Å². The Morgan fingerprint density at radius 1 is 1.52 bits per heavy atom. The molecule has 1 atom stereocenters. The number of nitrogens with one attached hydrogen (secondary N) is 1. The van der Waals surface area contributed by atoms with Crippen molar-refractivity contribution in [3.63, 3.8) is 0 Å². The van der Waals surface area contributed by atoms with Crippen LogP contribution in [0.15, 0.2) is 18.2 Å². The molecule has 1 aromatic carbocycles. The van der Waals surface area contributed by atoms with Gasteiger partial charge >= 0.3 is 5.97 Å². The van der Waals surface area contributed by atoms with E-state index >= 15 is 0 Å². The number of carbonyl (C=O) groups is 1. The predicted molar refractivity (Wildman–Crippen MR) is 81.8 cm³/mol. The molecule has 0 radical (unpaired) electrons. The van der Waals surface area contributed by atoms with E-state index in [1.807, 2.05) is 25.1 Å².